The number of hydrogen-bond donors (Lipinski definition) is 1. The maximum Gasteiger partial charge on any atom is 0.197 e. The monoisotopic (exact) mass is 277 g/mol. The van der Waals surface area contributed by atoms with Crippen molar-refractivity contribution in [3.05, 3.63) is 30.2 Å². The van der Waals surface area contributed by atoms with Gasteiger partial charge in [-0.1, -0.05) is 19.9 Å². The van der Waals surface area contributed by atoms with Crippen LogP contribution >= 0.6 is 11.8 Å². The van der Waals surface area contributed by atoms with Gasteiger partial charge < -0.3 is 9.88 Å². The molecule has 2 heterocycles. The van der Waals surface area contributed by atoms with Gasteiger partial charge in [0.15, 0.2) is 5.16 Å². The van der Waals surface area contributed by atoms with Gasteiger partial charge in [-0.3, -0.25) is 0 Å². The average Bonchev–Trinajstić information content (AvgIpc) is 2.77. The van der Waals surface area contributed by atoms with Crippen LogP contribution in [0.25, 0.3) is 0 Å². The predicted octanol–water partition coefficient (Wildman–Crippen LogP) is 2.11. The normalized spacial score (nSPS) is 11.2. The van der Waals surface area contributed by atoms with Crippen molar-refractivity contribution in [3.63, 3.8) is 0 Å². The quantitative estimate of drug-likeness (QED) is 0.876. The van der Waals surface area contributed by atoms with Crippen molar-refractivity contribution >= 4 is 11.8 Å². The number of aryl methyl sites for hydroxylation is 1. The molecular formula is C13H19N5S. The molecule has 19 heavy (non-hydrogen) atoms. The van der Waals surface area contributed by atoms with Crippen LogP contribution in [0, 0.1) is 5.92 Å². The highest BCUT2D eigenvalue weighted by molar-refractivity contribution is 7.99. The molecule has 0 bridgehead atoms. The van der Waals surface area contributed by atoms with Gasteiger partial charge in [-0.15, -0.1) is 10.2 Å². The molecule has 0 aliphatic carbocycles. The number of nitrogens with zero attached hydrogens (tertiary/aromatic N) is 4. The third-order valence-electron chi connectivity index (χ3n) is 2.55. The number of hydrogen-bond acceptors (Lipinski definition) is 5. The van der Waals surface area contributed by atoms with Crippen LogP contribution in [0.3, 0.4) is 0 Å². The minimum atomic E-state index is 0.665. The first kappa shape index (κ1) is 14.0. The molecule has 102 valence electrons. The summed E-state index contributed by atoms with van der Waals surface area (Å²) in [4.78, 5) is 4.43. The van der Waals surface area contributed by atoms with Crippen molar-refractivity contribution in [2.45, 2.75) is 30.6 Å². The molecule has 6 heteroatoms. The van der Waals surface area contributed by atoms with E-state index in [1.165, 1.54) is 17.3 Å². The predicted molar refractivity (Wildman–Crippen MR) is 75.9 cm³/mol. The van der Waals surface area contributed by atoms with Crippen LogP contribution in [0.1, 0.15) is 19.4 Å². The number of aromatic nitrogens is 4. The molecule has 0 unspecified atom stereocenters. The van der Waals surface area contributed by atoms with Crippen LogP contribution in [0.4, 0.5) is 0 Å². The van der Waals surface area contributed by atoms with E-state index < -0.39 is 0 Å². The fraction of sp³-hybridized carbons (Fsp3) is 0.462. The fourth-order valence-electron chi connectivity index (χ4n) is 1.54. The highest BCUT2D eigenvalue weighted by Gasteiger charge is 2.04. The van der Waals surface area contributed by atoms with Gasteiger partial charge in [0, 0.05) is 19.8 Å². The Morgan fingerprint density at radius 3 is 2.79 bits per heavy atom. The van der Waals surface area contributed by atoms with Crippen LogP contribution < -0.4 is 5.32 Å². The lowest BCUT2D eigenvalue weighted by Gasteiger charge is -2.07. The van der Waals surface area contributed by atoms with Gasteiger partial charge in [0.25, 0.3) is 0 Å². The molecule has 0 radical (unpaired) electrons. The van der Waals surface area contributed by atoms with E-state index in [2.05, 4.69) is 40.4 Å². The molecule has 0 aliphatic heterocycles. The van der Waals surface area contributed by atoms with Crippen LogP contribution in [-0.2, 0) is 13.6 Å². The minimum absolute atomic E-state index is 0.665. The Kier molecular flexibility index (Phi) is 4.93. The number of nitrogens with one attached hydrogen (secondary N) is 1. The summed E-state index contributed by atoms with van der Waals surface area (Å²) in [6.07, 6.45) is 3.60. The van der Waals surface area contributed by atoms with E-state index in [4.69, 9.17) is 0 Å². The van der Waals surface area contributed by atoms with Crippen LogP contribution in [-0.4, -0.2) is 26.3 Å². The van der Waals surface area contributed by atoms with E-state index >= 15 is 0 Å². The largest absolute Gasteiger partial charge is 0.312 e. The van der Waals surface area contributed by atoms with Crippen molar-refractivity contribution in [2.75, 3.05) is 6.54 Å². The summed E-state index contributed by atoms with van der Waals surface area (Å²) in [7, 11) is 1.92. The van der Waals surface area contributed by atoms with Gasteiger partial charge in [0.1, 0.15) is 11.4 Å². The van der Waals surface area contributed by atoms with Crippen molar-refractivity contribution in [2.24, 2.45) is 13.0 Å². The molecule has 5 nitrogen and oxygen atoms in total. The molecule has 0 aliphatic rings. The van der Waals surface area contributed by atoms with E-state index in [0.717, 1.165) is 23.3 Å². The van der Waals surface area contributed by atoms with Crippen molar-refractivity contribution < 1.29 is 0 Å². The summed E-state index contributed by atoms with van der Waals surface area (Å²) in [5, 5.41) is 13.1. The molecule has 0 amide bonds. The molecule has 0 saturated carbocycles. The summed E-state index contributed by atoms with van der Waals surface area (Å²) in [6, 6.07) is 4.12. The van der Waals surface area contributed by atoms with Crippen molar-refractivity contribution in [1.82, 2.24) is 25.1 Å². The standard InChI is InChI=1S/C13H19N5S/c1-10(2)6-14-7-11-4-5-12(15-8-11)19-13-17-16-9-18(13)3/h4-5,8-10,14H,6-7H2,1-3H3. The van der Waals surface area contributed by atoms with Crippen LogP contribution in [0.5, 0.6) is 0 Å². The molecular weight excluding hydrogens is 258 g/mol. The van der Waals surface area contributed by atoms with Crippen molar-refractivity contribution in [3.8, 4) is 0 Å². The molecule has 0 atom stereocenters. The molecule has 0 saturated heterocycles. The Morgan fingerprint density at radius 2 is 2.21 bits per heavy atom. The lowest BCUT2D eigenvalue weighted by atomic mass is 10.2. The van der Waals surface area contributed by atoms with E-state index in [0.29, 0.717) is 5.92 Å². The Labute approximate surface area is 117 Å². The first-order chi connectivity index (χ1) is 9.15. The molecule has 2 rings (SSSR count). The van der Waals surface area contributed by atoms with E-state index in [1.54, 1.807) is 6.33 Å². The zero-order valence-corrected chi connectivity index (χ0v) is 12.3. The number of pyridine rings is 1. The van der Waals surface area contributed by atoms with Crippen molar-refractivity contribution in [1.29, 1.82) is 0 Å². The van der Waals surface area contributed by atoms with Crippen LogP contribution in [0.15, 0.2) is 34.8 Å². The molecule has 1 N–H and O–H groups in total. The lowest BCUT2D eigenvalue weighted by molar-refractivity contribution is 0.551. The third kappa shape index (κ3) is 4.33. The Morgan fingerprint density at radius 1 is 1.37 bits per heavy atom. The summed E-state index contributed by atoms with van der Waals surface area (Å²) < 4.78 is 1.88. The molecule has 0 fully saturated rings. The van der Waals surface area contributed by atoms with E-state index in [1.807, 2.05) is 23.9 Å². The van der Waals surface area contributed by atoms with Gasteiger partial charge in [-0.05, 0) is 35.9 Å². The summed E-state index contributed by atoms with van der Waals surface area (Å²) in [5.74, 6) is 0.665. The summed E-state index contributed by atoms with van der Waals surface area (Å²) >= 11 is 1.52. The second-order valence-corrected chi connectivity index (χ2v) is 5.84. The highest BCUT2D eigenvalue weighted by atomic mass is 32.2. The summed E-state index contributed by atoms with van der Waals surface area (Å²) in [5.41, 5.74) is 1.20. The van der Waals surface area contributed by atoms with Gasteiger partial charge in [0.2, 0.25) is 0 Å². The Bertz CT molecular complexity index is 506. The molecule has 2 aromatic heterocycles. The maximum absolute atomic E-state index is 4.43. The maximum atomic E-state index is 4.43. The average molecular weight is 277 g/mol. The van der Waals surface area contributed by atoms with Gasteiger partial charge in [-0.2, -0.15) is 0 Å². The molecule has 0 spiro atoms. The van der Waals surface area contributed by atoms with Crippen LogP contribution in [0.2, 0.25) is 0 Å². The number of rotatable bonds is 6. The highest BCUT2D eigenvalue weighted by Crippen LogP contribution is 2.22. The van der Waals surface area contributed by atoms with Gasteiger partial charge >= 0.3 is 0 Å². The first-order valence-corrected chi connectivity index (χ1v) is 7.14. The second-order valence-electron chi connectivity index (χ2n) is 4.86. The zero-order chi connectivity index (χ0) is 13.7. The van der Waals surface area contributed by atoms with E-state index in [9.17, 15) is 0 Å². The first-order valence-electron chi connectivity index (χ1n) is 6.32. The lowest BCUT2D eigenvalue weighted by Crippen LogP contribution is -2.18. The fourth-order valence-corrected chi connectivity index (χ4v) is 2.25. The Hall–Kier alpha value is -1.40. The molecule has 0 aromatic carbocycles. The second kappa shape index (κ2) is 6.68. The third-order valence-corrected chi connectivity index (χ3v) is 3.55. The minimum Gasteiger partial charge on any atom is -0.312 e. The zero-order valence-electron chi connectivity index (χ0n) is 11.5. The van der Waals surface area contributed by atoms with Gasteiger partial charge in [-0.25, -0.2) is 4.98 Å². The van der Waals surface area contributed by atoms with Gasteiger partial charge in [0.05, 0.1) is 0 Å². The smallest absolute Gasteiger partial charge is 0.197 e. The Balaban J connectivity index is 1.89. The van der Waals surface area contributed by atoms with E-state index in [-0.39, 0.29) is 0 Å². The molecule has 2 aromatic rings. The summed E-state index contributed by atoms with van der Waals surface area (Å²) in [6.45, 7) is 6.29. The topological polar surface area (TPSA) is 55.6 Å². The SMILES string of the molecule is CC(C)CNCc1ccc(Sc2nncn2C)nc1.